The number of hydrogen-bond donors (Lipinski definition) is 2. The van der Waals surface area contributed by atoms with Crippen molar-refractivity contribution in [1.29, 1.82) is 0 Å². The minimum Gasteiger partial charge on any atom is -0.452 e. The van der Waals surface area contributed by atoms with Gasteiger partial charge in [0.15, 0.2) is 6.61 Å². The lowest BCUT2D eigenvalue weighted by molar-refractivity contribution is -0.124. The zero-order valence-electron chi connectivity index (χ0n) is 16.8. The van der Waals surface area contributed by atoms with E-state index in [0.29, 0.717) is 23.7 Å². The molecule has 0 spiro atoms. The molecule has 7 nitrogen and oxygen atoms in total. The topological polar surface area (TPSA) is 93.7 Å². The van der Waals surface area contributed by atoms with Crippen LogP contribution in [-0.4, -0.2) is 49.4 Å². The molecule has 2 aromatic rings. The van der Waals surface area contributed by atoms with E-state index in [4.69, 9.17) is 9.47 Å². The van der Waals surface area contributed by atoms with Gasteiger partial charge in [-0.15, -0.1) is 11.8 Å². The summed E-state index contributed by atoms with van der Waals surface area (Å²) in [4.78, 5) is 37.0. The molecule has 1 saturated heterocycles. The first-order valence-corrected chi connectivity index (χ1v) is 10.8. The number of anilines is 1. The largest absolute Gasteiger partial charge is 0.452 e. The molecule has 1 fully saturated rings. The fourth-order valence-corrected chi connectivity index (χ4v) is 3.77. The standard InChI is InChI=1S/C22H23FN2O5S/c23-15-7-9-16(10-8-15)25-21(27)14-31-19-6-2-1-5-18(19)22(28)30-13-20(26)24-12-17-4-3-11-29-17/h1-2,5-10,17H,3-4,11-14H2,(H,24,26)(H,25,27)/t17-/m1/s1. The molecule has 3 rings (SSSR count). The van der Waals surface area contributed by atoms with Crippen LogP contribution in [0.5, 0.6) is 0 Å². The fourth-order valence-electron chi connectivity index (χ4n) is 2.93. The summed E-state index contributed by atoms with van der Waals surface area (Å²) >= 11 is 1.16. The smallest absolute Gasteiger partial charge is 0.339 e. The number of nitrogens with one attached hydrogen (secondary N) is 2. The van der Waals surface area contributed by atoms with Crippen molar-refractivity contribution in [1.82, 2.24) is 5.32 Å². The molecule has 1 heterocycles. The minimum absolute atomic E-state index is 0.0119. The summed E-state index contributed by atoms with van der Waals surface area (Å²) in [5.41, 5.74) is 0.753. The lowest BCUT2D eigenvalue weighted by atomic mass is 10.2. The van der Waals surface area contributed by atoms with Crippen molar-refractivity contribution in [2.45, 2.75) is 23.8 Å². The highest BCUT2D eigenvalue weighted by atomic mass is 32.2. The van der Waals surface area contributed by atoms with Crippen molar-refractivity contribution in [2.75, 3.05) is 30.8 Å². The summed E-state index contributed by atoms with van der Waals surface area (Å²) in [5.74, 6) is -1.68. The Hall–Kier alpha value is -2.91. The number of thioether (sulfide) groups is 1. The summed E-state index contributed by atoms with van der Waals surface area (Å²) < 4.78 is 23.5. The van der Waals surface area contributed by atoms with Gasteiger partial charge in [-0.25, -0.2) is 9.18 Å². The van der Waals surface area contributed by atoms with E-state index in [1.54, 1.807) is 24.3 Å². The second-order valence-corrected chi connectivity index (χ2v) is 7.87. The van der Waals surface area contributed by atoms with E-state index in [-0.39, 0.29) is 29.1 Å². The van der Waals surface area contributed by atoms with Crippen LogP contribution in [0.1, 0.15) is 23.2 Å². The summed E-state index contributed by atoms with van der Waals surface area (Å²) in [6, 6.07) is 12.1. The molecule has 0 aliphatic carbocycles. The molecule has 164 valence electrons. The van der Waals surface area contributed by atoms with E-state index in [1.165, 1.54) is 24.3 Å². The van der Waals surface area contributed by atoms with Crippen LogP contribution in [-0.2, 0) is 19.1 Å². The molecule has 0 radical (unpaired) electrons. The second-order valence-electron chi connectivity index (χ2n) is 6.86. The molecule has 2 N–H and O–H groups in total. The van der Waals surface area contributed by atoms with Crippen molar-refractivity contribution in [3.05, 3.63) is 59.9 Å². The number of ether oxygens (including phenoxy) is 2. The number of carbonyl (C=O) groups excluding carboxylic acids is 3. The van der Waals surface area contributed by atoms with Crippen molar-refractivity contribution >= 4 is 35.2 Å². The van der Waals surface area contributed by atoms with Gasteiger partial charge in [0.1, 0.15) is 5.82 Å². The Balaban J connectivity index is 1.47. The van der Waals surface area contributed by atoms with Crippen LogP contribution < -0.4 is 10.6 Å². The number of amides is 2. The first-order chi connectivity index (χ1) is 15.0. The Morgan fingerprint density at radius 3 is 2.61 bits per heavy atom. The van der Waals surface area contributed by atoms with Crippen molar-refractivity contribution in [3.63, 3.8) is 0 Å². The van der Waals surface area contributed by atoms with E-state index in [9.17, 15) is 18.8 Å². The van der Waals surface area contributed by atoms with E-state index in [0.717, 1.165) is 24.6 Å². The number of halogens is 1. The van der Waals surface area contributed by atoms with Crippen LogP contribution in [0.2, 0.25) is 0 Å². The molecule has 0 unspecified atom stereocenters. The predicted molar refractivity (Wildman–Crippen MR) is 114 cm³/mol. The molecule has 31 heavy (non-hydrogen) atoms. The van der Waals surface area contributed by atoms with Gasteiger partial charge in [-0.05, 0) is 49.2 Å². The number of rotatable bonds is 9. The summed E-state index contributed by atoms with van der Waals surface area (Å²) in [7, 11) is 0. The number of benzene rings is 2. The Labute approximate surface area is 183 Å². The average Bonchev–Trinajstić information content (AvgIpc) is 3.30. The number of carbonyl (C=O) groups is 3. The minimum atomic E-state index is -0.644. The van der Waals surface area contributed by atoms with Gasteiger partial charge in [0.2, 0.25) is 5.91 Å². The molecule has 1 aliphatic heterocycles. The molecular formula is C22H23FN2O5S. The van der Waals surface area contributed by atoms with E-state index in [1.807, 2.05) is 0 Å². The molecule has 1 atom stereocenters. The normalized spacial score (nSPS) is 15.3. The third-order valence-corrected chi connectivity index (χ3v) is 5.55. The molecule has 0 saturated carbocycles. The quantitative estimate of drug-likeness (QED) is 0.454. The molecule has 1 aliphatic rings. The SMILES string of the molecule is O=C(COC(=O)c1ccccc1SCC(=O)Nc1ccc(F)cc1)NC[C@H]1CCCO1. The molecule has 9 heteroatoms. The maximum Gasteiger partial charge on any atom is 0.339 e. The highest BCUT2D eigenvalue weighted by Gasteiger charge is 2.18. The maximum atomic E-state index is 12.9. The molecule has 0 aromatic heterocycles. The molecule has 2 amide bonds. The van der Waals surface area contributed by atoms with Crippen molar-refractivity contribution < 1.29 is 28.2 Å². The molecule has 2 aromatic carbocycles. The van der Waals surface area contributed by atoms with Gasteiger partial charge in [0, 0.05) is 23.7 Å². The van der Waals surface area contributed by atoms with Crippen LogP contribution in [0.4, 0.5) is 10.1 Å². The van der Waals surface area contributed by atoms with Gasteiger partial charge >= 0.3 is 5.97 Å². The third kappa shape index (κ3) is 7.37. The highest BCUT2D eigenvalue weighted by molar-refractivity contribution is 8.00. The lowest BCUT2D eigenvalue weighted by Crippen LogP contribution is -2.34. The third-order valence-electron chi connectivity index (χ3n) is 4.48. The van der Waals surface area contributed by atoms with Crippen molar-refractivity contribution in [2.24, 2.45) is 0 Å². The summed E-state index contributed by atoms with van der Waals surface area (Å²) in [6.45, 7) is 0.702. The Kier molecular flexibility index (Phi) is 8.43. The van der Waals surface area contributed by atoms with Crippen LogP contribution in [0.25, 0.3) is 0 Å². The molecular weight excluding hydrogens is 423 g/mol. The lowest BCUT2D eigenvalue weighted by Gasteiger charge is -2.12. The first kappa shape index (κ1) is 22.8. The zero-order chi connectivity index (χ0) is 22.1. The summed E-state index contributed by atoms with van der Waals surface area (Å²) in [5, 5.41) is 5.35. The van der Waals surface area contributed by atoms with E-state index >= 15 is 0 Å². The fraction of sp³-hybridized carbons (Fsp3) is 0.318. The van der Waals surface area contributed by atoms with Gasteiger partial charge in [-0.3, -0.25) is 9.59 Å². The monoisotopic (exact) mass is 446 g/mol. The average molecular weight is 447 g/mol. The maximum absolute atomic E-state index is 12.9. The Bertz CT molecular complexity index is 916. The Morgan fingerprint density at radius 2 is 1.87 bits per heavy atom. The van der Waals surface area contributed by atoms with Gasteiger partial charge < -0.3 is 20.1 Å². The van der Waals surface area contributed by atoms with Gasteiger partial charge in [0.25, 0.3) is 5.91 Å². The Morgan fingerprint density at radius 1 is 1.10 bits per heavy atom. The van der Waals surface area contributed by atoms with Crippen molar-refractivity contribution in [3.8, 4) is 0 Å². The molecule has 0 bridgehead atoms. The summed E-state index contributed by atoms with van der Waals surface area (Å²) in [6.07, 6.45) is 1.89. The van der Waals surface area contributed by atoms with Crippen LogP contribution in [0.15, 0.2) is 53.4 Å². The highest BCUT2D eigenvalue weighted by Crippen LogP contribution is 2.23. The zero-order valence-corrected chi connectivity index (χ0v) is 17.6. The second kappa shape index (κ2) is 11.5. The van der Waals surface area contributed by atoms with Crippen LogP contribution in [0, 0.1) is 5.82 Å². The van der Waals surface area contributed by atoms with Crippen LogP contribution >= 0.6 is 11.8 Å². The van der Waals surface area contributed by atoms with Gasteiger partial charge in [-0.1, -0.05) is 12.1 Å². The van der Waals surface area contributed by atoms with Gasteiger partial charge in [-0.2, -0.15) is 0 Å². The predicted octanol–water partition coefficient (Wildman–Crippen LogP) is 3.01. The number of hydrogen-bond acceptors (Lipinski definition) is 6. The number of esters is 1. The first-order valence-electron chi connectivity index (χ1n) is 9.84. The van der Waals surface area contributed by atoms with Crippen LogP contribution in [0.3, 0.4) is 0 Å². The van der Waals surface area contributed by atoms with E-state index < -0.39 is 18.5 Å². The van der Waals surface area contributed by atoms with E-state index in [2.05, 4.69) is 10.6 Å². The van der Waals surface area contributed by atoms with Gasteiger partial charge in [0.05, 0.1) is 17.4 Å².